The van der Waals surface area contributed by atoms with Crippen molar-refractivity contribution >= 4 is 11.8 Å². The molecule has 1 aromatic carbocycles. The molecule has 2 rings (SSSR count). The van der Waals surface area contributed by atoms with E-state index in [0.717, 1.165) is 24.4 Å². The fraction of sp³-hybridized carbons (Fsp3) is 0.500. The van der Waals surface area contributed by atoms with Crippen LogP contribution in [0.2, 0.25) is 0 Å². The molecule has 120 valence electrons. The zero-order valence-corrected chi connectivity index (χ0v) is 13.2. The lowest BCUT2D eigenvalue weighted by molar-refractivity contribution is -0.146. The van der Waals surface area contributed by atoms with Gasteiger partial charge in [0.25, 0.3) is 0 Å². The molecule has 1 heterocycles. The summed E-state index contributed by atoms with van der Waals surface area (Å²) in [7, 11) is 3.63. The second-order valence-electron chi connectivity index (χ2n) is 5.45. The van der Waals surface area contributed by atoms with Crippen LogP contribution >= 0.6 is 0 Å². The lowest BCUT2D eigenvalue weighted by Crippen LogP contribution is -2.51. The van der Waals surface area contributed by atoms with Crippen molar-refractivity contribution in [2.24, 2.45) is 0 Å². The maximum Gasteiger partial charge on any atom is 0.311 e. The molecule has 1 aliphatic rings. The van der Waals surface area contributed by atoms with E-state index in [1.165, 1.54) is 0 Å². The molecule has 1 fully saturated rings. The van der Waals surface area contributed by atoms with Gasteiger partial charge < -0.3 is 19.9 Å². The van der Waals surface area contributed by atoms with Crippen molar-refractivity contribution in [1.82, 2.24) is 15.1 Å². The predicted molar refractivity (Wildman–Crippen MR) is 83.8 cm³/mol. The maximum absolute atomic E-state index is 12.0. The lowest BCUT2D eigenvalue weighted by Gasteiger charge is -2.31. The molecule has 0 atom stereocenters. The molecule has 0 spiro atoms. The highest BCUT2D eigenvalue weighted by Gasteiger charge is 2.24. The Morgan fingerprint density at radius 2 is 1.95 bits per heavy atom. The van der Waals surface area contributed by atoms with Crippen LogP contribution in [0.15, 0.2) is 24.3 Å². The Balaban J connectivity index is 1.76. The normalized spacial score (nSPS) is 15.5. The first kappa shape index (κ1) is 16.3. The third kappa shape index (κ3) is 4.46. The number of piperazine rings is 1. The number of likely N-dealkylation sites (N-methyl/N-ethyl adjacent to an activating group) is 1. The Morgan fingerprint density at radius 3 is 2.64 bits per heavy atom. The number of hydrogen-bond donors (Lipinski definition) is 1. The van der Waals surface area contributed by atoms with E-state index in [-0.39, 0.29) is 0 Å². The summed E-state index contributed by atoms with van der Waals surface area (Å²) in [6, 6.07) is 7.68. The number of nitrogens with one attached hydrogen (secondary N) is 1. The molecule has 1 N–H and O–H groups in total. The van der Waals surface area contributed by atoms with Crippen LogP contribution < -0.4 is 10.1 Å². The van der Waals surface area contributed by atoms with Gasteiger partial charge in [0.2, 0.25) is 0 Å². The van der Waals surface area contributed by atoms with E-state index in [1.807, 2.05) is 31.3 Å². The van der Waals surface area contributed by atoms with Gasteiger partial charge in [-0.15, -0.1) is 0 Å². The van der Waals surface area contributed by atoms with Crippen molar-refractivity contribution in [3.8, 4) is 5.75 Å². The van der Waals surface area contributed by atoms with Crippen LogP contribution in [0.5, 0.6) is 5.75 Å². The molecule has 0 aromatic heterocycles. The molecule has 0 saturated carbocycles. The number of amides is 2. The van der Waals surface area contributed by atoms with Crippen molar-refractivity contribution in [1.29, 1.82) is 0 Å². The molecule has 6 nitrogen and oxygen atoms in total. The topological polar surface area (TPSA) is 61.9 Å². The molecular weight excluding hydrogens is 282 g/mol. The van der Waals surface area contributed by atoms with Crippen LogP contribution in [0.3, 0.4) is 0 Å². The van der Waals surface area contributed by atoms with Gasteiger partial charge in [0, 0.05) is 32.7 Å². The SMILES string of the molecule is COc1cccc(CCNC(=O)C(=O)N2CCN(C)CC2)c1. The Hall–Kier alpha value is -2.08. The summed E-state index contributed by atoms with van der Waals surface area (Å²) in [4.78, 5) is 27.7. The minimum atomic E-state index is -0.521. The van der Waals surface area contributed by atoms with Crippen LogP contribution in [0.25, 0.3) is 0 Å². The third-order valence-corrected chi connectivity index (χ3v) is 3.82. The van der Waals surface area contributed by atoms with E-state index in [9.17, 15) is 9.59 Å². The summed E-state index contributed by atoms with van der Waals surface area (Å²) in [6.07, 6.45) is 0.666. The summed E-state index contributed by atoms with van der Waals surface area (Å²) in [5, 5.41) is 2.69. The Labute approximate surface area is 131 Å². The number of hydrogen-bond acceptors (Lipinski definition) is 4. The number of carbonyl (C=O) groups excluding carboxylic acids is 2. The van der Waals surface area contributed by atoms with Crippen molar-refractivity contribution in [3.63, 3.8) is 0 Å². The average molecular weight is 305 g/mol. The van der Waals surface area contributed by atoms with E-state index in [0.29, 0.717) is 26.1 Å². The van der Waals surface area contributed by atoms with E-state index in [4.69, 9.17) is 4.74 Å². The van der Waals surface area contributed by atoms with E-state index in [2.05, 4.69) is 10.2 Å². The number of nitrogens with zero attached hydrogens (tertiary/aromatic N) is 2. The highest BCUT2D eigenvalue weighted by atomic mass is 16.5. The quantitative estimate of drug-likeness (QED) is 0.803. The molecule has 6 heteroatoms. The van der Waals surface area contributed by atoms with Gasteiger partial charge in [0.05, 0.1) is 7.11 Å². The van der Waals surface area contributed by atoms with Crippen molar-refractivity contribution in [3.05, 3.63) is 29.8 Å². The van der Waals surface area contributed by atoms with Gasteiger partial charge >= 0.3 is 11.8 Å². The number of benzene rings is 1. The first-order valence-electron chi connectivity index (χ1n) is 7.48. The Bertz CT molecular complexity index is 525. The zero-order valence-electron chi connectivity index (χ0n) is 13.2. The molecule has 1 saturated heterocycles. The second-order valence-corrected chi connectivity index (χ2v) is 5.45. The Morgan fingerprint density at radius 1 is 1.23 bits per heavy atom. The first-order chi connectivity index (χ1) is 10.6. The van der Waals surface area contributed by atoms with Crippen molar-refractivity contribution in [2.75, 3.05) is 46.9 Å². The summed E-state index contributed by atoms with van der Waals surface area (Å²) in [5.41, 5.74) is 1.06. The van der Waals surface area contributed by atoms with Crippen LogP contribution in [-0.4, -0.2) is 68.5 Å². The maximum atomic E-state index is 12.0. The van der Waals surface area contributed by atoms with Crippen LogP contribution in [-0.2, 0) is 16.0 Å². The van der Waals surface area contributed by atoms with Crippen molar-refractivity contribution < 1.29 is 14.3 Å². The second kappa shape index (κ2) is 7.79. The van der Waals surface area contributed by atoms with Crippen LogP contribution in [0.1, 0.15) is 5.56 Å². The van der Waals surface area contributed by atoms with E-state index < -0.39 is 11.8 Å². The van der Waals surface area contributed by atoms with Gasteiger partial charge in [-0.25, -0.2) is 0 Å². The zero-order chi connectivity index (χ0) is 15.9. The molecule has 0 aliphatic carbocycles. The first-order valence-corrected chi connectivity index (χ1v) is 7.48. The molecule has 1 aliphatic heterocycles. The highest BCUT2D eigenvalue weighted by Crippen LogP contribution is 2.12. The lowest BCUT2D eigenvalue weighted by atomic mass is 10.1. The summed E-state index contributed by atoms with van der Waals surface area (Å²) in [6.45, 7) is 3.27. The largest absolute Gasteiger partial charge is 0.497 e. The summed E-state index contributed by atoms with van der Waals surface area (Å²) >= 11 is 0. The third-order valence-electron chi connectivity index (χ3n) is 3.82. The molecule has 0 radical (unpaired) electrons. The van der Waals surface area contributed by atoms with Crippen LogP contribution in [0.4, 0.5) is 0 Å². The fourth-order valence-corrected chi connectivity index (χ4v) is 2.38. The van der Waals surface area contributed by atoms with Gasteiger partial charge in [-0.1, -0.05) is 12.1 Å². The monoisotopic (exact) mass is 305 g/mol. The summed E-state index contributed by atoms with van der Waals surface area (Å²) in [5.74, 6) is -0.163. The fourth-order valence-electron chi connectivity index (χ4n) is 2.38. The van der Waals surface area contributed by atoms with Gasteiger partial charge in [-0.05, 0) is 31.2 Å². The van der Waals surface area contributed by atoms with Gasteiger partial charge in [-0.2, -0.15) is 0 Å². The minimum Gasteiger partial charge on any atom is -0.497 e. The van der Waals surface area contributed by atoms with Crippen molar-refractivity contribution in [2.45, 2.75) is 6.42 Å². The average Bonchev–Trinajstić information content (AvgIpc) is 2.55. The molecule has 0 bridgehead atoms. The number of ether oxygens (including phenoxy) is 1. The molecular formula is C16H23N3O3. The predicted octanol–water partition coefficient (Wildman–Crippen LogP) is 0.128. The molecule has 0 unspecified atom stereocenters. The smallest absolute Gasteiger partial charge is 0.311 e. The van der Waals surface area contributed by atoms with E-state index >= 15 is 0 Å². The number of rotatable bonds is 4. The van der Waals surface area contributed by atoms with Gasteiger partial charge in [-0.3, -0.25) is 9.59 Å². The molecule has 2 amide bonds. The van der Waals surface area contributed by atoms with Crippen LogP contribution in [0, 0.1) is 0 Å². The summed E-state index contributed by atoms with van der Waals surface area (Å²) < 4.78 is 5.16. The Kier molecular flexibility index (Phi) is 5.77. The molecule has 1 aromatic rings. The molecule has 22 heavy (non-hydrogen) atoms. The van der Waals surface area contributed by atoms with Gasteiger partial charge in [0.1, 0.15) is 5.75 Å². The highest BCUT2D eigenvalue weighted by molar-refractivity contribution is 6.35. The van der Waals surface area contributed by atoms with E-state index in [1.54, 1.807) is 12.0 Å². The van der Waals surface area contributed by atoms with Gasteiger partial charge in [0.15, 0.2) is 0 Å². The number of carbonyl (C=O) groups is 2. The minimum absolute atomic E-state index is 0.432. The standard InChI is InChI=1S/C16H23N3O3/c1-18-8-10-19(11-9-18)16(21)15(20)17-7-6-13-4-3-5-14(12-13)22-2/h3-5,12H,6-11H2,1-2H3,(H,17,20). The number of methoxy groups -OCH3 is 1.